The maximum Gasteiger partial charge on any atom is 0.111 e. The maximum absolute atomic E-state index is 6.01. The summed E-state index contributed by atoms with van der Waals surface area (Å²) in [5, 5.41) is 4.08. The van der Waals surface area contributed by atoms with Crippen LogP contribution in [0.25, 0.3) is 11.0 Å². The Morgan fingerprint density at radius 2 is 2.20 bits per heavy atom. The molecule has 3 rings (SSSR count). The van der Waals surface area contributed by atoms with Crippen LogP contribution in [-0.4, -0.2) is 35.4 Å². The van der Waals surface area contributed by atoms with Gasteiger partial charge in [-0.2, -0.15) is 0 Å². The summed E-state index contributed by atoms with van der Waals surface area (Å²) in [6.07, 6.45) is 3.46. The number of nitrogens with one attached hydrogen (secondary N) is 1. The standard InChI is InChI=1S/C15H20ClN3O/c1-19-14-3-2-11(16)10-13(14)18-15(19)6-9-20-12-4-7-17-8-5-12/h2-3,10,12,17H,4-9H2,1H3. The summed E-state index contributed by atoms with van der Waals surface area (Å²) in [7, 11) is 2.04. The highest BCUT2D eigenvalue weighted by Crippen LogP contribution is 2.20. The van der Waals surface area contributed by atoms with E-state index >= 15 is 0 Å². The van der Waals surface area contributed by atoms with Crippen molar-refractivity contribution in [3.05, 3.63) is 29.0 Å². The predicted octanol–water partition coefficient (Wildman–Crippen LogP) is 2.54. The van der Waals surface area contributed by atoms with Crippen LogP contribution >= 0.6 is 11.6 Å². The Morgan fingerprint density at radius 3 is 3.00 bits per heavy atom. The molecular formula is C15H20ClN3O. The first-order valence-electron chi connectivity index (χ1n) is 7.17. The quantitative estimate of drug-likeness (QED) is 0.941. The zero-order valence-corrected chi connectivity index (χ0v) is 12.5. The van der Waals surface area contributed by atoms with Gasteiger partial charge < -0.3 is 14.6 Å². The van der Waals surface area contributed by atoms with Crippen LogP contribution in [0.4, 0.5) is 0 Å². The number of ether oxygens (including phenoxy) is 1. The molecule has 1 aromatic heterocycles. The fourth-order valence-electron chi connectivity index (χ4n) is 2.73. The number of rotatable bonds is 4. The SMILES string of the molecule is Cn1c(CCOC2CCNCC2)nc2cc(Cl)ccc21. The van der Waals surface area contributed by atoms with Crippen LogP contribution in [0, 0.1) is 0 Å². The number of hydrogen-bond acceptors (Lipinski definition) is 3. The minimum absolute atomic E-state index is 0.403. The molecule has 20 heavy (non-hydrogen) atoms. The molecule has 0 unspecified atom stereocenters. The molecule has 0 atom stereocenters. The van der Waals surface area contributed by atoms with Crippen molar-refractivity contribution in [1.82, 2.24) is 14.9 Å². The first kappa shape index (κ1) is 13.9. The molecule has 1 saturated heterocycles. The van der Waals surface area contributed by atoms with Crippen molar-refractivity contribution in [3.8, 4) is 0 Å². The zero-order chi connectivity index (χ0) is 13.9. The van der Waals surface area contributed by atoms with Crippen LogP contribution in [0.2, 0.25) is 5.02 Å². The lowest BCUT2D eigenvalue weighted by atomic mass is 10.1. The van der Waals surface area contributed by atoms with Gasteiger partial charge in [-0.25, -0.2) is 4.98 Å². The van der Waals surface area contributed by atoms with E-state index in [1.54, 1.807) is 0 Å². The number of hydrogen-bond donors (Lipinski definition) is 1. The summed E-state index contributed by atoms with van der Waals surface area (Å²) in [5.41, 5.74) is 2.07. The Morgan fingerprint density at radius 1 is 1.40 bits per heavy atom. The maximum atomic E-state index is 6.01. The number of piperidine rings is 1. The van der Waals surface area contributed by atoms with E-state index in [1.807, 2.05) is 25.2 Å². The molecule has 2 heterocycles. The first-order chi connectivity index (χ1) is 9.74. The van der Waals surface area contributed by atoms with Crippen molar-refractivity contribution < 1.29 is 4.74 Å². The third-order valence-corrected chi connectivity index (χ3v) is 4.14. The van der Waals surface area contributed by atoms with Gasteiger partial charge in [-0.1, -0.05) is 11.6 Å². The summed E-state index contributed by atoms with van der Waals surface area (Å²) < 4.78 is 8.06. The molecule has 4 nitrogen and oxygen atoms in total. The second-order valence-electron chi connectivity index (χ2n) is 5.29. The average molecular weight is 294 g/mol. The van der Waals surface area contributed by atoms with E-state index in [1.165, 1.54) is 0 Å². The topological polar surface area (TPSA) is 39.1 Å². The van der Waals surface area contributed by atoms with E-state index in [4.69, 9.17) is 16.3 Å². The molecule has 0 amide bonds. The van der Waals surface area contributed by atoms with Crippen molar-refractivity contribution in [1.29, 1.82) is 0 Å². The molecule has 1 aliphatic rings. The molecule has 5 heteroatoms. The van der Waals surface area contributed by atoms with Gasteiger partial charge in [0.05, 0.1) is 23.7 Å². The van der Waals surface area contributed by atoms with Crippen molar-refractivity contribution in [3.63, 3.8) is 0 Å². The number of fused-ring (bicyclic) bond motifs is 1. The van der Waals surface area contributed by atoms with Crippen LogP contribution in [0.1, 0.15) is 18.7 Å². The van der Waals surface area contributed by atoms with Gasteiger partial charge in [0, 0.05) is 18.5 Å². The smallest absolute Gasteiger partial charge is 0.111 e. The van der Waals surface area contributed by atoms with E-state index in [-0.39, 0.29) is 0 Å². The number of benzene rings is 1. The van der Waals surface area contributed by atoms with Gasteiger partial charge in [-0.05, 0) is 44.1 Å². The Kier molecular flexibility index (Phi) is 4.24. The molecule has 2 aromatic rings. The summed E-state index contributed by atoms with van der Waals surface area (Å²) in [6.45, 7) is 2.86. The Bertz CT molecular complexity index is 590. The molecule has 1 N–H and O–H groups in total. The fourth-order valence-corrected chi connectivity index (χ4v) is 2.89. The van der Waals surface area contributed by atoms with E-state index in [9.17, 15) is 0 Å². The first-order valence-corrected chi connectivity index (χ1v) is 7.55. The number of nitrogens with zero attached hydrogens (tertiary/aromatic N) is 2. The zero-order valence-electron chi connectivity index (χ0n) is 11.7. The van der Waals surface area contributed by atoms with Gasteiger partial charge in [0.25, 0.3) is 0 Å². The number of aromatic nitrogens is 2. The molecule has 0 radical (unpaired) electrons. The minimum atomic E-state index is 0.403. The van der Waals surface area contributed by atoms with Crippen LogP contribution in [0.3, 0.4) is 0 Å². The normalized spacial score (nSPS) is 16.9. The highest BCUT2D eigenvalue weighted by molar-refractivity contribution is 6.31. The summed E-state index contributed by atoms with van der Waals surface area (Å²) in [5.74, 6) is 1.05. The predicted molar refractivity (Wildman–Crippen MR) is 81.3 cm³/mol. The van der Waals surface area contributed by atoms with Gasteiger partial charge >= 0.3 is 0 Å². The number of halogens is 1. The molecule has 1 aliphatic heterocycles. The Labute approximate surface area is 124 Å². The lowest BCUT2D eigenvalue weighted by molar-refractivity contribution is 0.0340. The van der Waals surface area contributed by atoms with Crippen molar-refractivity contribution in [2.45, 2.75) is 25.4 Å². The molecular weight excluding hydrogens is 274 g/mol. The second kappa shape index (κ2) is 6.12. The van der Waals surface area contributed by atoms with Crippen LogP contribution in [0.5, 0.6) is 0 Å². The van der Waals surface area contributed by atoms with Gasteiger partial charge in [-0.15, -0.1) is 0 Å². The highest BCUT2D eigenvalue weighted by Gasteiger charge is 2.14. The third kappa shape index (κ3) is 2.97. The highest BCUT2D eigenvalue weighted by atomic mass is 35.5. The molecule has 0 bridgehead atoms. The lowest BCUT2D eigenvalue weighted by Gasteiger charge is -2.22. The van der Waals surface area contributed by atoms with Gasteiger partial charge in [0.1, 0.15) is 5.82 Å². The monoisotopic (exact) mass is 293 g/mol. The van der Waals surface area contributed by atoms with E-state index < -0.39 is 0 Å². The fraction of sp³-hybridized carbons (Fsp3) is 0.533. The van der Waals surface area contributed by atoms with Crippen LogP contribution < -0.4 is 5.32 Å². The molecule has 0 spiro atoms. The number of aryl methyl sites for hydroxylation is 1. The molecule has 0 aliphatic carbocycles. The second-order valence-corrected chi connectivity index (χ2v) is 5.73. The average Bonchev–Trinajstić information content (AvgIpc) is 2.76. The van der Waals surface area contributed by atoms with E-state index in [2.05, 4.69) is 14.9 Å². The minimum Gasteiger partial charge on any atom is -0.378 e. The lowest BCUT2D eigenvalue weighted by Crippen LogP contribution is -2.32. The van der Waals surface area contributed by atoms with Crippen molar-refractivity contribution >= 4 is 22.6 Å². The number of imidazole rings is 1. The summed E-state index contributed by atoms with van der Waals surface area (Å²) in [6, 6.07) is 5.83. The Balaban J connectivity index is 1.63. The van der Waals surface area contributed by atoms with Gasteiger partial charge in [-0.3, -0.25) is 0 Å². The van der Waals surface area contributed by atoms with Gasteiger partial charge in [0.2, 0.25) is 0 Å². The molecule has 0 saturated carbocycles. The van der Waals surface area contributed by atoms with Crippen LogP contribution in [0.15, 0.2) is 18.2 Å². The summed E-state index contributed by atoms with van der Waals surface area (Å²) >= 11 is 6.01. The van der Waals surface area contributed by atoms with Crippen molar-refractivity contribution in [2.24, 2.45) is 7.05 Å². The molecule has 108 valence electrons. The van der Waals surface area contributed by atoms with E-state index in [0.29, 0.717) is 6.10 Å². The third-order valence-electron chi connectivity index (χ3n) is 3.90. The van der Waals surface area contributed by atoms with Crippen LogP contribution in [-0.2, 0) is 18.2 Å². The van der Waals surface area contributed by atoms with E-state index in [0.717, 1.165) is 60.8 Å². The largest absolute Gasteiger partial charge is 0.378 e. The van der Waals surface area contributed by atoms with Gasteiger partial charge in [0.15, 0.2) is 0 Å². The Hall–Kier alpha value is -1.10. The summed E-state index contributed by atoms with van der Waals surface area (Å²) in [4.78, 5) is 4.64. The molecule has 1 fully saturated rings. The molecule has 1 aromatic carbocycles. The van der Waals surface area contributed by atoms with Crippen molar-refractivity contribution in [2.75, 3.05) is 19.7 Å².